The lowest BCUT2D eigenvalue weighted by atomic mass is 10.0. The maximum Gasteiger partial charge on any atom is 0.127 e. The standard InChI is InChI=1S/C22H26N2O2/c1-2-26-21-10-8-9-17-15-18(12-13-19(17)21)20-16-23-22(24-20)11-6-4-3-5-7-14-25/h8-10,12-16H,2-7,11H2,1H3,(H,23,24). The molecule has 4 heteroatoms. The summed E-state index contributed by atoms with van der Waals surface area (Å²) in [5.74, 6) is 1.95. The normalized spacial score (nSPS) is 11.0. The average Bonchev–Trinajstić information content (AvgIpc) is 3.14. The number of ether oxygens (including phenoxy) is 1. The third-order valence-electron chi connectivity index (χ3n) is 4.57. The number of aromatic nitrogens is 2. The molecule has 0 aliphatic rings. The fraction of sp³-hybridized carbons (Fsp3) is 0.364. The average molecular weight is 350 g/mol. The fourth-order valence-electron chi connectivity index (χ4n) is 3.21. The molecule has 1 N–H and O–H groups in total. The van der Waals surface area contributed by atoms with Crippen LogP contribution in [0.5, 0.6) is 5.75 Å². The van der Waals surface area contributed by atoms with Crippen LogP contribution >= 0.6 is 0 Å². The third kappa shape index (κ3) is 4.51. The second-order valence-electron chi connectivity index (χ2n) is 6.49. The number of carbonyl (C=O) groups is 1. The minimum atomic E-state index is 0.667. The van der Waals surface area contributed by atoms with Crippen molar-refractivity contribution in [2.75, 3.05) is 6.61 Å². The third-order valence-corrected chi connectivity index (χ3v) is 4.57. The van der Waals surface area contributed by atoms with Crippen molar-refractivity contribution in [3.63, 3.8) is 0 Å². The summed E-state index contributed by atoms with van der Waals surface area (Å²) in [6.07, 6.45) is 8.88. The number of rotatable bonds is 10. The Bertz CT molecular complexity index is 854. The number of fused-ring (bicyclic) bond motifs is 1. The van der Waals surface area contributed by atoms with E-state index in [1.165, 1.54) is 5.39 Å². The second-order valence-corrected chi connectivity index (χ2v) is 6.49. The second kappa shape index (κ2) is 9.18. The molecule has 26 heavy (non-hydrogen) atoms. The van der Waals surface area contributed by atoms with Crippen LogP contribution in [0.15, 0.2) is 42.6 Å². The zero-order valence-electron chi connectivity index (χ0n) is 15.3. The Kier molecular flexibility index (Phi) is 6.42. The number of benzene rings is 2. The monoisotopic (exact) mass is 350 g/mol. The molecule has 0 saturated heterocycles. The summed E-state index contributed by atoms with van der Waals surface area (Å²) in [5.41, 5.74) is 2.18. The molecule has 2 aromatic carbocycles. The van der Waals surface area contributed by atoms with Crippen LogP contribution in [0.2, 0.25) is 0 Å². The summed E-state index contributed by atoms with van der Waals surface area (Å²) in [5, 5.41) is 2.30. The molecular formula is C22H26N2O2. The molecule has 0 atom stereocenters. The number of unbranched alkanes of at least 4 members (excludes halogenated alkanes) is 4. The molecule has 0 aliphatic heterocycles. The molecule has 0 aliphatic carbocycles. The first kappa shape index (κ1) is 18.2. The van der Waals surface area contributed by atoms with Gasteiger partial charge in [-0.2, -0.15) is 0 Å². The highest BCUT2D eigenvalue weighted by Crippen LogP contribution is 2.29. The molecule has 0 fully saturated rings. The zero-order chi connectivity index (χ0) is 18.2. The van der Waals surface area contributed by atoms with Crippen molar-refractivity contribution in [1.82, 2.24) is 9.97 Å². The molecule has 0 bridgehead atoms. The lowest BCUT2D eigenvalue weighted by molar-refractivity contribution is -0.107. The quantitative estimate of drug-likeness (QED) is 0.398. The smallest absolute Gasteiger partial charge is 0.127 e. The van der Waals surface area contributed by atoms with Crippen molar-refractivity contribution >= 4 is 17.1 Å². The Balaban J connectivity index is 1.66. The zero-order valence-corrected chi connectivity index (χ0v) is 15.3. The van der Waals surface area contributed by atoms with Gasteiger partial charge in [0.1, 0.15) is 17.9 Å². The Hall–Kier alpha value is -2.62. The maximum atomic E-state index is 10.3. The van der Waals surface area contributed by atoms with Gasteiger partial charge in [-0.05, 0) is 43.4 Å². The molecule has 0 radical (unpaired) electrons. The number of H-pyrrole nitrogens is 1. The molecule has 0 saturated carbocycles. The van der Waals surface area contributed by atoms with Gasteiger partial charge < -0.3 is 14.5 Å². The van der Waals surface area contributed by atoms with Crippen LogP contribution in [0.1, 0.15) is 44.9 Å². The van der Waals surface area contributed by atoms with Crippen molar-refractivity contribution in [2.45, 2.75) is 45.4 Å². The van der Waals surface area contributed by atoms with Gasteiger partial charge in [-0.25, -0.2) is 4.98 Å². The van der Waals surface area contributed by atoms with Gasteiger partial charge >= 0.3 is 0 Å². The van der Waals surface area contributed by atoms with Crippen LogP contribution in [0.4, 0.5) is 0 Å². The molecule has 1 aromatic heterocycles. The molecular weight excluding hydrogens is 324 g/mol. The lowest BCUT2D eigenvalue weighted by Gasteiger charge is -2.08. The van der Waals surface area contributed by atoms with Crippen molar-refractivity contribution in [3.8, 4) is 17.0 Å². The van der Waals surface area contributed by atoms with Gasteiger partial charge in [0.05, 0.1) is 18.5 Å². The van der Waals surface area contributed by atoms with E-state index in [4.69, 9.17) is 4.74 Å². The Morgan fingerprint density at radius 1 is 1.12 bits per heavy atom. The largest absolute Gasteiger partial charge is 0.493 e. The van der Waals surface area contributed by atoms with E-state index in [2.05, 4.69) is 34.2 Å². The lowest BCUT2D eigenvalue weighted by Crippen LogP contribution is -1.92. The number of imidazole rings is 1. The Morgan fingerprint density at radius 3 is 2.85 bits per heavy atom. The van der Waals surface area contributed by atoms with Crippen molar-refractivity contribution in [1.29, 1.82) is 0 Å². The maximum absolute atomic E-state index is 10.3. The van der Waals surface area contributed by atoms with E-state index in [1.54, 1.807) is 0 Å². The first-order valence-corrected chi connectivity index (χ1v) is 9.45. The predicted octanol–water partition coefficient (Wildman–Crippen LogP) is 5.32. The van der Waals surface area contributed by atoms with Crippen molar-refractivity contribution in [2.24, 2.45) is 0 Å². The molecule has 3 rings (SSSR count). The van der Waals surface area contributed by atoms with E-state index >= 15 is 0 Å². The first-order chi connectivity index (χ1) is 12.8. The SMILES string of the molecule is CCOc1cccc2cc(-c3cnc(CCCCCCC=O)[nH]3)ccc12. The highest BCUT2D eigenvalue weighted by atomic mass is 16.5. The number of nitrogens with one attached hydrogen (secondary N) is 1. The van der Waals surface area contributed by atoms with E-state index in [0.717, 1.165) is 66.6 Å². The van der Waals surface area contributed by atoms with E-state index in [1.807, 2.05) is 25.3 Å². The number of aldehydes is 1. The Labute approximate surface area is 154 Å². The Morgan fingerprint density at radius 2 is 2.00 bits per heavy atom. The van der Waals surface area contributed by atoms with Gasteiger partial charge in [0.2, 0.25) is 0 Å². The minimum absolute atomic E-state index is 0.667. The number of hydrogen-bond donors (Lipinski definition) is 1. The van der Waals surface area contributed by atoms with Gasteiger partial charge in [0.25, 0.3) is 0 Å². The molecule has 0 spiro atoms. The van der Waals surface area contributed by atoms with Gasteiger partial charge in [-0.1, -0.05) is 31.0 Å². The predicted molar refractivity (Wildman–Crippen MR) is 106 cm³/mol. The summed E-state index contributed by atoms with van der Waals surface area (Å²) in [7, 11) is 0. The van der Waals surface area contributed by atoms with Gasteiger partial charge in [-0.15, -0.1) is 0 Å². The number of aryl methyl sites for hydroxylation is 1. The molecule has 3 aromatic rings. The minimum Gasteiger partial charge on any atom is -0.493 e. The van der Waals surface area contributed by atoms with Crippen LogP contribution in [0.3, 0.4) is 0 Å². The summed E-state index contributed by atoms with van der Waals surface area (Å²) < 4.78 is 5.71. The van der Waals surface area contributed by atoms with Crippen LogP contribution in [-0.4, -0.2) is 22.9 Å². The number of aromatic amines is 1. The van der Waals surface area contributed by atoms with E-state index in [0.29, 0.717) is 13.0 Å². The number of hydrogen-bond acceptors (Lipinski definition) is 3. The van der Waals surface area contributed by atoms with Gasteiger partial charge in [-0.3, -0.25) is 0 Å². The van der Waals surface area contributed by atoms with Crippen LogP contribution in [0, 0.1) is 0 Å². The molecule has 0 unspecified atom stereocenters. The summed E-state index contributed by atoms with van der Waals surface area (Å²) >= 11 is 0. The number of carbonyl (C=O) groups excluding carboxylic acids is 1. The molecule has 4 nitrogen and oxygen atoms in total. The van der Waals surface area contributed by atoms with Crippen LogP contribution < -0.4 is 4.74 Å². The summed E-state index contributed by atoms with van der Waals surface area (Å²) in [6.45, 7) is 2.67. The summed E-state index contributed by atoms with van der Waals surface area (Å²) in [6, 6.07) is 12.5. The van der Waals surface area contributed by atoms with Gasteiger partial charge in [0.15, 0.2) is 0 Å². The fourth-order valence-corrected chi connectivity index (χ4v) is 3.21. The summed E-state index contributed by atoms with van der Waals surface area (Å²) in [4.78, 5) is 18.3. The van der Waals surface area contributed by atoms with E-state index in [-0.39, 0.29) is 0 Å². The highest BCUT2D eigenvalue weighted by Gasteiger charge is 2.07. The van der Waals surface area contributed by atoms with Gasteiger partial charge in [0, 0.05) is 23.8 Å². The van der Waals surface area contributed by atoms with Crippen LogP contribution in [-0.2, 0) is 11.2 Å². The van der Waals surface area contributed by atoms with Crippen LogP contribution in [0.25, 0.3) is 22.0 Å². The molecule has 0 amide bonds. The first-order valence-electron chi connectivity index (χ1n) is 9.45. The number of nitrogens with zero attached hydrogens (tertiary/aromatic N) is 1. The van der Waals surface area contributed by atoms with Crippen molar-refractivity contribution in [3.05, 3.63) is 48.4 Å². The van der Waals surface area contributed by atoms with E-state index < -0.39 is 0 Å². The topological polar surface area (TPSA) is 55.0 Å². The highest BCUT2D eigenvalue weighted by molar-refractivity contribution is 5.91. The van der Waals surface area contributed by atoms with Crippen molar-refractivity contribution < 1.29 is 9.53 Å². The molecule has 1 heterocycles. The molecule has 136 valence electrons. The van der Waals surface area contributed by atoms with E-state index in [9.17, 15) is 4.79 Å².